The van der Waals surface area contributed by atoms with Crippen LogP contribution in [0.2, 0.25) is 0 Å². The molecule has 104 valence electrons. The van der Waals surface area contributed by atoms with E-state index in [4.69, 9.17) is 0 Å². The van der Waals surface area contributed by atoms with E-state index < -0.39 is 0 Å². The van der Waals surface area contributed by atoms with Crippen LogP contribution in [0.5, 0.6) is 0 Å². The maximum absolute atomic E-state index is 12.7. The first-order valence-electron chi connectivity index (χ1n) is 7.02. The zero-order valence-corrected chi connectivity index (χ0v) is 12.4. The molecule has 0 unspecified atom stereocenters. The molecule has 0 aromatic heterocycles. The summed E-state index contributed by atoms with van der Waals surface area (Å²) in [5.41, 5.74) is 2.68. The van der Waals surface area contributed by atoms with Crippen LogP contribution in [-0.2, 0) is 17.8 Å². The van der Waals surface area contributed by atoms with Gasteiger partial charge in [0, 0.05) is 13.1 Å². The highest BCUT2D eigenvalue weighted by Gasteiger charge is 2.30. The van der Waals surface area contributed by atoms with E-state index in [1.165, 1.54) is 11.1 Å². The fourth-order valence-corrected chi connectivity index (χ4v) is 2.97. The van der Waals surface area contributed by atoms with Crippen molar-refractivity contribution in [2.45, 2.75) is 32.9 Å². The average molecular weight is 260 g/mol. The van der Waals surface area contributed by atoms with Gasteiger partial charge in [0.1, 0.15) is 0 Å². The molecule has 1 aromatic rings. The van der Waals surface area contributed by atoms with Gasteiger partial charge < -0.3 is 4.90 Å². The van der Waals surface area contributed by atoms with Gasteiger partial charge in [0.05, 0.1) is 6.04 Å². The summed E-state index contributed by atoms with van der Waals surface area (Å²) < 4.78 is 0. The second kappa shape index (κ2) is 5.74. The average Bonchev–Trinajstić information content (AvgIpc) is 2.37. The third kappa shape index (κ3) is 2.98. The van der Waals surface area contributed by atoms with Crippen LogP contribution in [0.3, 0.4) is 0 Å². The molecule has 0 radical (unpaired) electrons. The molecule has 3 heteroatoms. The van der Waals surface area contributed by atoms with E-state index in [1.54, 1.807) is 0 Å². The van der Waals surface area contributed by atoms with Crippen molar-refractivity contribution in [3.63, 3.8) is 0 Å². The van der Waals surface area contributed by atoms with E-state index >= 15 is 0 Å². The number of hydrogen-bond donors (Lipinski definition) is 0. The molecule has 2 rings (SSSR count). The highest BCUT2D eigenvalue weighted by Crippen LogP contribution is 2.21. The van der Waals surface area contributed by atoms with Crippen LogP contribution in [0.15, 0.2) is 24.3 Å². The van der Waals surface area contributed by atoms with Crippen molar-refractivity contribution in [2.24, 2.45) is 5.92 Å². The zero-order valence-electron chi connectivity index (χ0n) is 12.4. The number of fused-ring (bicyclic) bond motifs is 1. The first-order valence-corrected chi connectivity index (χ1v) is 7.02. The highest BCUT2D eigenvalue weighted by atomic mass is 16.2. The maximum Gasteiger partial charge on any atom is 0.240 e. The first kappa shape index (κ1) is 14.1. The molecule has 0 spiro atoms. The number of hydrogen-bond acceptors (Lipinski definition) is 2. The number of rotatable bonds is 3. The summed E-state index contributed by atoms with van der Waals surface area (Å²) in [6, 6.07) is 8.41. The number of likely N-dealkylation sites (N-methyl/N-ethyl adjacent to an activating group) is 1. The molecule has 1 heterocycles. The molecule has 0 saturated heterocycles. The van der Waals surface area contributed by atoms with Crippen LogP contribution in [0.25, 0.3) is 0 Å². The molecule has 19 heavy (non-hydrogen) atoms. The molecule has 0 aliphatic carbocycles. The zero-order chi connectivity index (χ0) is 14.0. The van der Waals surface area contributed by atoms with Crippen molar-refractivity contribution in [1.82, 2.24) is 9.80 Å². The lowest BCUT2D eigenvalue weighted by molar-refractivity contribution is -0.138. The van der Waals surface area contributed by atoms with Gasteiger partial charge in [0.25, 0.3) is 0 Å². The Bertz CT molecular complexity index is 446. The Hall–Kier alpha value is -1.35. The standard InChI is InChI=1S/C16H24N2O/c1-12(2)15(17(3)4)16(19)18-10-9-13-7-5-6-8-14(13)11-18/h5-8,12,15H,9-11H2,1-4H3/t15-/m1/s1. The number of nitrogens with zero attached hydrogens (tertiary/aromatic N) is 2. The van der Waals surface area contributed by atoms with Gasteiger partial charge in [-0.25, -0.2) is 0 Å². The van der Waals surface area contributed by atoms with E-state index in [-0.39, 0.29) is 11.9 Å². The molecule has 1 atom stereocenters. The molecule has 1 aliphatic heterocycles. The quantitative estimate of drug-likeness (QED) is 0.831. The third-order valence-electron chi connectivity index (χ3n) is 3.88. The van der Waals surface area contributed by atoms with Crippen molar-refractivity contribution in [3.05, 3.63) is 35.4 Å². The van der Waals surface area contributed by atoms with Crippen molar-refractivity contribution in [3.8, 4) is 0 Å². The van der Waals surface area contributed by atoms with Crippen LogP contribution < -0.4 is 0 Å². The second-order valence-electron chi connectivity index (χ2n) is 5.93. The number of benzene rings is 1. The Kier molecular flexibility index (Phi) is 4.25. The summed E-state index contributed by atoms with van der Waals surface area (Å²) >= 11 is 0. The molecule has 0 saturated carbocycles. The molecule has 1 aliphatic rings. The van der Waals surface area contributed by atoms with Crippen molar-refractivity contribution in [1.29, 1.82) is 0 Å². The minimum atomic E-state index is -0.0229. The van der Waals surface area contributed by atoms with Gasteiger partial charge in [-0.2, -0.15) is 0 Å². The molecule has 1 amide bonds. The minimum Gasteiger partial charge on any atom is -0.337 e. The van der Waals surface area contributed by atoms with Crippen molar-refractivity contribution < 1.29 is 4.79 Å². The summed E-state index contributed by atoms with van der Waals surface area (Å²) in [4.78, 5) is 16.7. The van der Waals surface area contributed by atoms with Crippen molar-refractivity contribution >= 4 is 5.91 Å². The Morgan fingerprint density at radius 2 is 1.84 bits per heavy atom. The Labute approximate surface area is 116 Å². The predicted molar refractivity (Wildman–Crippen MR) is 77.9 cm³/mol. The van der Waals surface area contributed by atoms with Gasteiger partial charge >= 0.3 is 0 Å². The Morgan fingerprint density at radius 3 is 2.42 bits per heavy atom. The third-order valence-corrected chi connectivity index (χ3v) is 3.88. The van der Waals surface area contributed by atoms with E-state index in [1.807, 2.05) is 23.9 Å². The second-order valence-corrected chi connectivity index (χ2v) is 5.93. The summed E-state index contributed by atoms with van der Waals surface area (Å²) in [6.45, 7) is 5.82. The fraction of sp³-hybridized carbons (Fsp3) is 0.562. The molecular formula is C16H24N2O. The summed E-state index contributed by atoms with van der Waals surface area (Å²) in [5, 5.41) is 0. The van der Waals surface area contributed by atoms with Crippen molar-refractivity contribution in [2.75, 3.05) is 20.6 Å². The van der Waals surface area contributed by atoms with Gasteiger partial charge in [-0.1, -0.05) is 38.1 Å². The van der Waals surface area contributed by atoms with E-state index in [2.05, 4.69) is 38.1 Å². The molecule has 3 nitrogen and oxygen atoms in total. The minimum absolute atomic E-state index is 0.0229. The van der Waals surface area contributed by atoms with Crippen LogP contribution in [-0.4, -0.2) is 42.4 Å². The maximum atomic E-state index is 12.7. The van der Waals surface area contributed by atoms with Gasteiger partial charge in [-0.15, -0.1) is 0 Å². The van der Waals surface area contributed by atoms with Crippen LogP contribution in [0.1, 0.15) is 25.0 Å². The lowest BCUT2D eigenvalue weighted by Gasteiger charge is -2.35. The monoisotopic (exact) mass is 260 g/mol. The lowest BCUT2D eigenvalue weighted by Crippen LogP contribution is -2.50. The van der Waals surface area contributed by atoms with E-state index in [9.17, 15) is 4.79 Å². The normalized spacial score (nSPS) is 16.6. The molecule has 0 bridgehead atoms. The predicted octanol–water partition coefficient (Wildman–Crippen LogP) is 2.16. The van der Waals surface area contributed by atoms with Gasteiger partial charge in [-0.05, 0) is 37.6 Å². The molecule has 0 N–H and O–H groups in total. The van der Waals surface area contributed by atoms with E-state index in [0.717, 1.165) is 19.5 Å². The Morgan fingerprint density at radius 1 is 1.21 bits per heavy atom. The van der Waals surface area contributed by atoms with E-state index in [0.29, 0.717) is 5.92 Å². The molecule has 0 fully saturated rings. The fourth-order valence-electron chi connectivity index (χ4n) is 2.97. The number of carbonyl (C=O) groups excluding carboxylic acids is 1. The first-order chi connectivity index (χ1) is 9.00. The smallest absolute Gasteiger partial charge is 0.240 e. The Balaban J connectivity index is 2.14. The summed E-state index contributed by atoms with van der Waals surface area (Å²) in [5.74, 6) is 0.592. The SMILES string of the molecule is CC(C)[C@H](C(=O)N1CCc2ccccc2C1)N(C)C. The lowest BCUT2D eigenvalue weighted by atomic mass is 9.97. The summed E-state index contributed by atoms with van der Waals surface area (Å²) in [7, 11) is 3.97. The van der Waals surface area contributed by atoms with Crippen LogP contribution >= 0.6 is 0 Å². The summed E-state index contributed by atoms with van der Waals surface area (Å²) in [6.07, 6.45) is 0.972. The largest absolute Gasteiger partial charge is 0.337 e. The van der Waals surface area contributed by atoms with Gasteiger partial charge in [0.15, 0.2) is 0 Å². The number of carbonyl (C=O) groups is 1. The van der Waals surface area contributed by atoms with Crippen LogP contribution in [0.4, 0.5) is 0 Å². The molecule has 1 aromatic carbocycles. The van der Waals surface area contributed by atoms with Crippen LogP contribution in [0, 0.1) is 5.92 Å². The molecular weight excluding hydrogens is 236 g/mol. The number of amides is 1. The van der Waals surface area contributed by atoms with Gasteiger partial charge in [0.2, 0.25) is 5.91 Å². The topological polar surface area (TPSA) is 23.6 Å². The van der Waals surface area contributed by atoms with Gasteiger partial charge in [-0.3, -0.25) is 9.69 Å². The highest BCUT2D eigenvalue weighted by molar-refractivity contribution is 5.82.